The summed E-state index contributed by atoms with van der Waals surface area (Å²) in [6.07, 6.45) is 3.61. The van der Waals surface area contributed by atoms with Crippen molar-refractivity contribution in [2.45, 2.75) is 26.5 Å². The topological polar surface area (TPSA) is 70.7 Å². The zero-order valence-electron chi connectivity index (χ0n) is 12.6. The van der Waals surface area contributed by atoms with Crippen molar-refractivity contribution in [2.24, 2.45) is 0 Å². The van der Waals surface area contributed by atoms with Gasteiger partial charge in [0.25, 0.3) is 0 Å². The molecule has 3 aromatic rings. The van der Waals surface area contributed by atoms with E-state index < -0.39 is 0 Å². The predicted octanol–water partition coefficient (Wildman–Crippen LogP) is 2.00. The largest absolute Gasteiger partial charge is 0.371 e. The van der Waals surface area contributed by atoms with E-state index in [4.69, 9.17) is 4.74 Å². The van der Waals surface area contributed by atoms with Crippen molar-refractivity contribution in [3.05, 3.63) is 54.4 Å². The number of aromatic nitrogens is 6. The standard InChI is InChI=1S/C15H18N6O/c1-3-22-12(2)15-16-9-10-20(15)11-14-17-18-19-21(14)13-7-5-4-6-8-13/h4-10,12H,3,11H2,1-2H3/t12-/m1/s1. The van der Waals surface area contributed by atoms with Gasteiger partial charge in [-0.3, -0.25) is 0 Å². The molecule has 0 aliphatic heterocycles. The summed E-state index contributed by atoms with van der Waals surface area (Å²) in [6.45, 7) is 5.15. The van der Waals surface area contributed by atoms with Crippen molar-refractivity contribution in [1.29, 1.82) is 0 Å². The molecule has 1 atom stereocenters. The highest BCUT2D eigenvalue weighted by Crippen LogP contribution is 2.16. The highest BCUT2D eigenvalue weighted by molar-refractivity contribution is 5.30. The van der Waals surface area contributed by atoms with E-state index in [-0.39, 0.29) is 6.10 Å². The smallest absolute Gasteiger partial charge is 0.176 e. The van der Waals surface area contributed by atoms with Crippen LogP contribution in [0.2, 0.25) is 0 Å². The number of ether oxygens (including phenoxy) is 1. The van der Waals surface area contributed by atoms with Gasteiger partial charge in [-0.15, -0.1) is 5.10 Å². The lowest BCUT2D eigenvalue weighted by Gasteiger charge is -2.13. The van der Waals surface area contributed by atoms with Gasteiger partial charge in [0.15, 0.2) is 5.82 Å². The molecule has 0 aliphatic carbocycles. The van der Waals surface area contributed by atoms with E-state index in [0.717, 1.165) is 17.3 Å². The minimum Gasteiger partial charge on any atom is -0.371 e. The maximum Gasteiger partial charge on any atom is 0.176 e. The Kier molecular flexibility index (Phi) is 4.24. The Bertz CT molecular complexity index is 720. The predicted molar refractivity (Wildman–Crippen MR) is 80.5 cm³/mol. The molecule has 0 saturated heterocycles. The first-order chi connectivity index (χ1) is 10.8. The van der Waals surface area contributed by atoms with Crippen LogP contribution in [0.5, 0.6) is 0 Å². The molecule has 1 aromatic carbocycles. The van der Waals surface area contributed by atoms with Crippen LogP contribution in [0.3, 0.4) is 0 Å². The normalized spacial score (nSPS) is 12.5. The van der Waals surface area contributed by atoms with Crippen LogP contribution in [-0.4, -0.2) is 36.4 Å². The maximum atomic E-state index is 5.62. The van der Waals surface area contributed by atoms with E-state index in [2.05, 4.69) is 20.5 Å². The lowest BCUT2D eigenvalue weighted by Crippen LogP contribution is -2.13. The first kappa shape index (κ1) is 14.4. The van der Waals surface area contributed by atoms with Crippen molar-refractivity contribution in [3.8, 4) is 5.69 Å². The highest BCUT2D eigenvalue weighted by atomic mass is 16.5. The Morgan fingerprint density at radius 3 is 2.82 bits per heavy atom. The second-order valence-electron chi connectivity index (χ2n) is 4.85. The van der Waals surface area contributed by atoms with Gasteiger partial charge in [-0.05, 0) is 36.4 Å². The average molecular weight is 298 g/mol. The second-order valence-corrected chi connectivity index (χ2v) is 4.85. The minimum absolute atomic E-state index is 0.0685. The quantitative estimate of drug-likeness (QED) is 0.696. The van der Waals surface area contributed by atoms with Crippen molar-refractivity contribution in [3.63, 3.8) is 0 Å². The molecule has 7 nitrogen and oxygen atoms in total. The van der Waals surface area contributed by atoms with E-state index in [1.165, 1.54) is 0 Å². The molecular weight excluding hydrogens is 280 g/mol. The molecule has 0 fully saturated rings. The SMILES string of the molecule is CCO[C@H](C)c1nccn1Cc1nnnn1-c1ccccc1. The summed E-state index contributed by atoms with van der Waals surface area (Å²) in [5.74, 6) is 1.61. The molecule has 2 heterocycles. The monoisotopic (exact) mass is 298 g/mol. The van der Waals surface area contributed by atoms with E-state index >= 15 is 0 Å². The molecular formula is C15H18N6O. The fourth-order valence-corrected chi connectivity index (χ4v) is 2.36. The van der Waals surface area contributed by atoms with Crippen LogP contribution in [0.15, 0.2) is 42.7 Å². The highest BCUT2D eigenvalue weighted by Gasteiger charge is 2.15. The maximum absolute atomic E-state index is 5.62. The van der Waals surface area contributed by atoms with Crippen LogP contribution in [0, 0.1) is 0 Å². The average Bonchev–Trinajstić information content (AvgIpc) is 3.18. The lowest BCUT2D eigenvalue weighted by molar-refractivity contribution is 0.0677. The van der Waals surface area contributed by atoms with Crippen molar-refractivity contribution >= 4 is 0 Å². The summed E-state index contributed by atoms with van der Waals surface area (Å²) in [5.41, 5.74) is 0.932. The Morgan fingerprint density at radius 2 is 2.05 bits per heavy atom. The second kappa shape index (κ2) is 6.48. The number of para-hydroxylation sites is 1. The van der Waals surface area contributed by atoms with E-state index in [0.29, 0.717) is 13.2 Å². The Labute approximate surface area is 128 Å². The van der Waals surface area contributed by atoms with Crippen molar-refractivity contribution in [2.75, 3.05) is 6.61 Å². The van der Waals surface area contributed by atoms with Crippen LogP contribution < -0.4 is 0 Å². The molecule has 7 heteroatoms. The first-order valence-electron chi connectivity index (χ1n) is 7.25. The van der Waals surface area contributed by atoms with Crippen LogP contribution >= 0.6 is 0 Å². The first-order valence-corrected chi connectivity index (χ1v) is 7.25. The van der Waals surface area contributed by atoms with Crippen LogP contribution in [0.1, 0.15) is 31.6 Å². The van der Waals surface area contributed by atoms with Crippen LogP contribution in [-0.2, 0) is 11.3 Å². The fourth-order valence-electron chi connectivity index (χ4n) is 2.36. The Morgan fingerprint density at radius 1 is 1.23 bits per heavy atom. The van der Waals surface area contributed by atoms with Gasteiger partial charge in [-0.2, -0.15) is 4.68 Å². The molecule has 22 heavy (non-hydrogen) atoms. The molecule has 0 saturated carbocycles. The zero-order chi connectivity index (χ0) is 15.4. The van der Waals surface area contributed by atoms with E-state index in [1.54, 1.807) is 10.9 Å². The Balaban J connectivity index is 1.87. The summed E-state index contributed by atoms with van der Waals surface area (Å²) in [5, 5.41) is 12.0. The number of tetrazole rings is 1. The van der Waals surface area contributed by atoms with Gasteiger partial charge in [0.2, 0.25) is 0 Å². The van der Waals surface area contributed by atoms with Gasteiger partial charge < -0.3 is 9.30 Å². The summed E-state index contributed by atoms with van der Waals surface area (Å²) in [4.78, 5) is 4.38. The summed E-state index contributed by atoms with van der Waals surface area (Å²) < 4.78 is 9.36. The number of hydrogen-bond acceptors (Lipinski definition) is 5. The molecule has 0 radical (unpaired) electrons. The summed E-state index contributed by atoms with van der Waals surface area (Å²) in [7, 11) is 0. The van der Waals surface area contributed by atoms with E-state index in [1.807, 2.05) is 54.9 Å². The summed E-state index contributed by atoms with van der Waals surface area (Å²) >= 11 is 0. The van der Waals surface area contributed by atoms with Crippen molar-refractivity contribution in [1.82, 2.24) is 29.8 Å². The molecule has 0 amide bonds. The molecule has 0 bridgehead atoms. The number of rotatable bonds is 6. The van der Waals surface area contributed by atoms with Gasteiger partial charge >= 0.3 is 0 Å². The Hall–Kier alpha value is -2.54. The van der Waals surface area contributed by atoms with Gasteiger partial charge in [0, 0.05) is 19.0 Å². The minimum atomic E-state index is -0.0685. The zero-order valence-corrected chi connectivity index (χ0v) is 12.6. The number of imidazole rings is 1. The molecule has 3 rings (SSSR count). The van der Waals surface area contributed by atoms with Crippen molar-refractivity contribution < 1.29 is 4.74 Å². The molecule has 0 unspecified atom stereocenters. The van der Waals surface area contributed by atoms with Gasteiger partial charge in [0.1, 0.15) is 11.9 Å². The van der Waals surface area contributed by atoms with Gasteiger partial charge in [-0.25, -0.2) is 4.98 Å². The third-order valence-corrected chi connectivity index (χ3v) is 3.37. The van der Waals surface area contributed by atoms with Crippen LogP contribution in [0.25, 0.3) is 5.69 Å². The third kappa shape index (κ3) is 2.89. The molecule has 0 aliphatic rings. The molecule has 0 spiro atoms. The molecule has 114 valence electrons. The fraction of sp³-hybridized carbons (Fsp3) is 0.333. The third-order valence-electron chi connectivity index (χ3n) is 3.37. The molecule has 2 aromatic heterocycles. The summed E-state index contributed by atoms with van der Waals surface area (Å²) in [6, 6.07) is 9.82. The van der Waals surface area contributed by atoms with Crippen LogP contribution in [0.4, 0.5) is 0 Å². The number of hydrogen-bond donors (Lipinski definition) is 0. The number of benzene rings is 1. The van der Waals surface area contributed by atoms with E-state index in [9.17, 15) is 0 Å². The molecule has 0 N–H and O–H groups in total. The number of nitrogens with zero attached hydrogens (tertiary/aromatic N) is 6. The lowest BCUT2D eigenvalue weighted by atomic mass is 10.3. The van der Waals surface area contributed by atoms with Gasteiger partial charge in [-0.1, -0.05) is 18.2 Å². The van der Waals surface area contributed by atoms with Gasteiger partial charge in [0.05, 0.1) is 12.2 Å².